The van der Waals surface area contributed by atoms with Crippen molar-refractivity contribution < 1.29 is 5.11 Å². The lowest BCUT2D eigenvalue weighted by molar-refractivity contribution is 0.468. The average molecular weight is 191 g/mol. The van der Waals surface area contributed by atoms with Crippen molar-refractivity contribution in [3.63, 3.8) is 0 Å². The molecule has 0 bridgehead atoms. The Morgan fingerprint density at radius 2 is 2.21 bits per heavy atom. The molecule has 1 saturated heterocycles. The van der Waals surface area contributed by atoms with Gasteiger partial charge >= 0.3 is 0 Å². The molecule has 1 aliphatic rings. The lowest BCUT2D eigenvalue weighted by Crippen LogP contribution is -2.24. The normalized spacial score (nSPS) is 26.7. The highest BCUT2D eigenvalue weighted by Gasteiger charge is 2.30. The van der Waals surface area contributed by atoms with Crippen molar-refractivity contribution in [1.82, 2.24) is 5.32 Å². The van der Waals surface area contributed by atoms with Gasteiger partial charge in [-0.05, 0) is 37.1 Å². The van der Waals surface area contributed by atoms with Gasteiger partial charge in [0.1, 0.15) is 5.75 Å². The van der Waals surface area contributed by atoms with Crippen LogP contribution in [0, 0.1) is 6.92 Å². The Bertz CT molecular complexity index is 340. The number of nitrogens with one attached hydrogen (secondary N) is 1. The number of hydrogen-bond acceptors (Lipinski definition) is 2. The van der Waals surface area contributed by atoms with Crippen molar-refractivity contribution in [1.29, 1.82) is 0 Å². The topological polar surface area (TPSA) is 32.3 Å². The summed E-state index contributed by atoms with van der Waals surface area (Å²) in [5.41, 5.74) is 2.55. The zero-order valence-electron chi connectivity index (χ0n) is 8.80. The minimum atomic E-state index is 0.248. The number of rotatable bonds is 1. The van der Waals surface area contributed by atoms with Crippen molar-refractivity contribution in [2.24, 2.45) is 0 Å². The molecule has 1 heterocycles. The molecule has 76 valence electrons. The lowest BCUT2D eigenvalue weighted by Gasteiger charge is -2.23. The third-order valence-electron chi connectivity index (χ3n) is 3.26. The van der Waals surface area contributed by atoms with Crippen LogP contribution in [0.5, 0.6) is 5.75 Å². The summed E-state index contributed by atoms with van der Waals surface area (Å²) in [6.07, 6.45) is 1.18. The molecule has 2 nitrogen and oxygen atoms in total. The minimum absolute atomic E-state index is 0.248. The largest absolute Gasteiger partial charge is 0.508 e. The number of benzene rings is 1. The van der Waals surface area contributed by atoms with Crippen molar-refractivity contribution >= 4 is 0 Å². The number of hydrogen-bond donors (Lipinski definition) is 2. The van der Waals surface area contributed by atoms with Crippen LogP contribution in [0.3, 0.4) is 0 Å². The fraction of sp³-hybridized carbons (Fsp3) is 0.500. The Labute approximate surface area is 85.0 Å². The SMILES string of the molecule is Cc1cc(C2(C)CCNC2)ccc1O. The summed E-state index contributed by atoms with van der Waals surface area (Å²) >= 11 is 0. The first-order valence-corrected chi connectivity index (χ1v) is 5.13. The molecular formula is C12H17NO. The highest BCUT2D eigenvalue weighted by atomic mass is 16.3. The van der Waals surface area contributed by atoms with Crippen molar-refractivity contribution in [3.05, 3.63) is 29.3 Å². The van der Waals surface area contributed by atoms with E-state index in [4.69, 9.17) is 0 Å². The van der Waals surface area contributed by atoms with Crippen LogP contribution in [-0.2, 0) is 5.41 Å². The molecule has 1 atom stereocenters. The molecule has 2 N–H and O–H groups in total. The molecule has 0 spiro atoms. The van der Waals surface area contributed by atoms with E-state index in [1.165, 1.54) is 12.0 Å². The molecule has 1 aromatic carbocycles. The summed E-state index contributed by atoms with van der Waals surface area (Å²) in [4.78, 5) is 0. The van der Waals surface area contributed by atoms with Gasteiger partial charge in [0.05, 0.1) is 0 Å². The maximum atomic E-state index is 9.45. The number of aryl methyl sites for hydroxylation is 1. The smallest absolute Gasteiger partial charge is 0.118 e. The third-order valence-corrected chi connectivity index (χ3v) is 3.26. The molecule has 2 rings (SSSR count). The van der Waals surface area contributed by atoms with Crippen molar-refractivity contribution in [2.45, 2.75) is 25.7 Å². The monoisotopic (exact) mass is 191 g/mol. The second-order valence-corrected chi connectivity index (χ2v) is 4.49. The second-order valence-electron chi connectivity index (χ2n) is 4.49. The summed E-state index contributed by atoms with van der Waals surface area (Å²) in [5, 5.41) is 12.8. The van der Waals surface area contributed by atoms with Crippen LogP contribution >= 0.6 is 0 Å². The fourth-order valence-corrected chi connectivity index (χ4v) is 2.09. The molecule has 1 unspecified atom stereocenters. The molecular weight excluding hydrogens is 174 g/mol. The van der Waals surface area contributed by atoms with Crippen LogP contribution in [0.15, 0.2) is 18.2 Å². The van der Waals surface area contributed by atoms with Crippen molar-refractivity contribution in [3.8, 4) is 5.75 Å². The van der Waals surface area contributed by atoms with Gasteiger partial charge in [-0.1, -0.05) is 19.1 Å². The molecule has 2 heteroatoms. The molecule has 0 aromatic heterocycles. The highest BCUT2D eigenvalue weighted by Crippen LogP contribution is 2.32. The second kappa shape index (κ2) is 3.28. The van der Waals surface area contributed by atoms with E-state index in [1.807, 2.05) is 13.0 Å². The van der Waals surface area contributed by atoms with E-state index in [2.05, 4.69) is 18.3 Å². The van der Waals surface area contributed by atoms with Gasteiger partial charge in [-0.15, -0.1) is 0 Å². The Morgan fingerprint density at radius 1 is 1.43 bits per heavy atom. The Kier molecular flexibility index (Phi) is 2.23. The Morgan fingerprint density at radius 3 is 2.79 bits per heavy atom. The van der Waals surface area contributed by atoms with Gasteiger partial charge in [0.25, 0.3) is 0 Å². The maximum Gasteiger partial charge on any atom is 0.118 e. The first-order valence-electron chi connectivity index (χ1n) is 5.13. The fourth-order valence-electron chi connectivity index (χ4n) is 2.09. The summed E-state index contributed by atoms with van der Waals surface area (Å²) in [6, 6.07) is 5.94. The molecule has 0 radical (unpaired) electrons. The molecule has 1 aliphatic heterocycles. The van der Waals surface area contributed by atoms with Crippen LogP contribution in [0.25, 0.3) is 0 Å². The summed E-state index contributed by atoms with van der Waals surface area (Å²) in [6.45, 7) is 6.36. The molecule has 0 aliphatic carbocycles. The minimum Gasteiger partial charge on any atom is -0.508 e. The van der Waals surface area contributed by atoms with E-state index in [0.717, 1.165) is 18.7 Å². The predicted octanol–water partition coefficient (Wildman–Crippen LogP) is 1.95. The molecule has 1 aromatic rings. The average Bonchev–Trinajstić information content (AvgIpc) is 2.58. The number of aromatic hydroxyl groups is 1. The van der Waals surface area contributed by atoms with Crippen LogP contribution in [0.2, 0.25) is 0 Å². The Hall–Kier alpha value is -1.02. The summed E-state index contributed by atoms with van der Waals surface area (Å²) in [5.74, 6) is 0.392. The zero-order chi connectivity index (χ0) is 10.2. The Balaban J connectivity index is 2.36. The van der Waals surface area contributed by atoms with Crippen LogP contribution in [0.4, 0.5) is 0 Å². The van der Waals surface area contributed by atoms with Gasteiger partial charge in [0, 0.05) is 12.0 Å². The van der Waals surface area contributed by atoms with E-state index in [1.54, 1.807) is 6.07 Å². The van der Waals surface area contributed by atoms with E-state index in [9.17, 15) is 5.11 Å². The number of phenolic OH excluding ortho intramolecular Hbond substituents is 1. The molecule has 0 amide bonds. The zero-order valence-corrected chi connectivity index (χ0v) is 8.80. The van der Waals surface area contributed by atoms with E-state index < -0.39 is 0 Å². The van der Waals surface area contributed by atoms with Gasteiger partial charge < -0.3 is 10.4 Å². The third kappa shape index (κ3) is 1.50. The first-order chi connectivity index (χ1) is 6.62. The number of phenols is 1. The summed E-state index contributed by atoms with van der Waals surface area (Å²) in [7, 11) is 0. The van der Waals surface area contributed by atoms with Gasteiger partial charge in [0.15, 0.2) is 0 Å². The highest BCUT2D eigenvalue weighted by molar-refractivity contribution is 5.38. The molecule has 1 fully saturated rings. The summed E-state index contributed by atoms with van der Waals surface area (Å²) < 4.78 is 0. The molecule has 0 saturated carbocycles. The van der Waals surface area contributed by atoms with E-state index >= 15 is 0 Å². The van der Waals surface area contributed by atoms with Crippen LogP contribution in [0.1, 0.15) is 24.5 Å². The van der Waals surface area contributed by atoms with Crippen LogP contribution in [-0.4, -0.2) is 18.2 Å². The predicted molar refractivity (Wildman–Crippen MR) is 57.7 cm³/mol. The van der Waals surface area contributed by atoms with Gasteiger partial charge in [-0.2, -0.15) is 0 Å². The van der Waals surface area contributed by atoms with Crippen molar-refractivity contribution in [2.75, 3.05) is 13.1 Å². The lowest BCUT2D eigenvalue weighted by atomic mass is 9.81. The molecule has 14 heavy (non-hydrogen) atoms. The van der Waals surface area contributed by atoms with Gasteiger partial charge in [-0.25, -0.2) is 0 Å². The van der Waals surface area contributed by atoms with E-state index in [-0.39, 0.29) is 5.41 Å². The van der Waals surface area contributed by atoms with Crippen LogP contribution < -0.4 is 5.32 Å². The van der Waals surface area contributed by atoms with Gasteiger partial charge in [0.2, 0.25) is 0 Å². The van der Waals surface area contributed by atoms with E-state index in [0.29, 0.717) is 5.75 Å². The maximum absolute atomic E-state index is 9.45. The first kappa shape index (κ1) is 9.53. The standard InChI is InChI=1S/C12H17NO/c1-9-7-10(3-4-11(9)14)12(2)5-6-13-8-12/h3-4,7,13-14H,5-6,8H2,1-2H3. The quantitative estimate of drug-likeness (QED) is 0.711. The van der Waals surface area contributed by atoms with Gasteiger partial charge in [-0.3, -0.25) is 0 Å².